The third-order valence-corrected chi connectivity index (χ3v) is 9.47. The van der Waals surface area contributed by atoms with Gasteiger partial charge >= 0.3 is 0 Å². The number of hydrogen-bond donors (Lipinski definition) is 4. The molecule has 5 atom stereocenters. The first-order valence-corrected chi connectivity index (χ1v) is 16.0. The lowest BCUT2D eigenvalue weighted by atomic mass is 9.75. The zero-order chi connectivity index (χ0) is 33.9. The van der Waals surface area contributed by atoms with E-state index in [4.69, 9.17) is 18.9 Å². The molecule has 10 nitrogen and oxygen atoms in total. The van der Waals surface area contributed by atoms with Crippen molar-refractivity contribution >= 4 is 11.8 Å². The van der Waals surface area contributed by atoms with E-state index in [-0.39, 0.29) is 29.5 Å². The molecule has 250 valence electrons. The number of unbranched alkanes of at least 4 members (excludes halogenated alkanes) is 1. The van der Waals surface area contributed by atoms with E-state index in [1.807, 2.05) is 48.5 Å². The predicted molar refractivity (Wildman–Crippen MR) is 178 cm³/mol. The van der Waals surface area contributed by atoms with Crippen molar-refractivity contribution in [2.45, 2.75) is 36.1 Å². The van der Waals surface area contributed by atoms with Crippen molar-refractivity contribution < 1.29 is 38.7 Å². The Bertz CT molecular complexity index is 1750. The molecule has 4 N–H and O–H groups in total. The standard InChI is InChI=1S/C38H40N2O8/c1-45-27-18-16-26(17-19-27)38-31(24-12-6-4-7-13-24)33(35(42)40-21-11-10-20-39-34(41)25-14-8-5-9-15-25)37(44,36(38)43)32-29(47-3)22-28(46-2)23-30(32)48-38/h4-9,12-19,22-23,31,33,36,43-44H,10-11,20-21H2,1-3H3,(H,39,41)(H,40,42)/t31-,33+,36-,37-,38-/m1/s1. The normalized spacial score (nSPS) is 23.7. The maximum absolute atomic E-state index is 14.5. The largest absolute Gasteiger partial charge is 0.497 e. The van der Waals surface area contributed by atoms with Crippen molar-refractivity contribution in [3.8, 4) is 23.0 Å². The number of benzene rings is 4. The number of ether oxygens (including phenoxy) is 4. The molecule has 0 aromatic heterocycles. The summed E-state index contributed by atoms with van der Waals surface area (Å²) in [7, 11) is 4.52. The minimum atomic E-state index is -2.14. The molecule has 2 bridgehead atoms. The average Bonchev–Trinajstić information content (AvgIpc) is 3.25. The number of hydrogen-bond acceptors (Lipinski definition) is 8. The fourth-order valence-electron chi connectivity index (χ4n) is 7.25. The summed E-state index contributed by atoms with van der Waals surface area (Å²) in [6.45, 7) is 0.719. The summed E-state index contributed by atoms with van der Waals surface area (Å²) in [5.41, 5.74) is -1.73. The monoisotopic (exact) mass is 652 g/mol. The van der Waals surface area contributed by atoms with Crippen LogP contribution in [0.2, 0.25) is 0 Å². The van der Waals surface area contributed by atoms with Crippen molar-refractivity contribution in [3.63, 3.8) is 0 Å². The Labute approximate surface area is 279 Å². The average molecular weight is 653 g/mol. The number of nitrogens with one attached hydrogen (secondary N) is 2. The fraction of sp³-hybridized carbons (Fsp3) is 0.316. The van der Waals surface area contributed by atoms with Crippen LogP contribution in [0.3, 0.4) is 0 Å². The summed E-state index contributed by atoms with van der Waals surface area (Å²) in [5.74, 6) is -1.19. The lowest BCUT2D eigenvalue weighted by Crippen LogP contribution is -2.55. The first kappa shape index (κ1) is 32.9. The van der Waals surface area contributed by atoms with E-state index >= 15 is 0 Å². The topological polar surface area (TPSA) is 136 Å². The molecule has 4 aromatic carbocycles. The summed E-state index contributed by atoms with van der Waals surface area (Å²) >= 11 is 0. The van der Waals surface area contributed by atoms with Gasteiger partial charge < -0.3 is 39.8 Å². The van der Waals surface area contributed by atoms with E-state index in [2.05, 4.69) is 10.6 Å². The van der Waals surface area contributed by atoms with Gasteiger partial charge in [0.25, 0.3) is 5.91 Å². The molecule has 2 amide bonds. The second-order valence-corrected chi connectivity index (χ2v) is 12.0. The van der Waals surface area contributed by atoms with Gasteiger partial charge in [0.15, 0.2) is 5.60 Å². The van der Waals surface area contributed by atoms with E-state index < -0.39 is 35.0 Å². The van der Waals surface area contributed by atoms with Gasteiger partial charge in [-0.15, -0.1) is 0 Å². The Balaban J connectivity index is 1.36. The van der Waals surface area contributed by atoms with Crippen LogP contribution < -0.4 is 29.6 Å². The van der Waals surface area contributed by atoms with Crippen molar-refractivity contribution in [2.75, 3.05) is 34.4 Å². The first-order chi connectivity index (χ1) is 23.3. The number of amides is 2. The van der Waals surface area contributed by atoms with Gasteiger partial charge in [-0.2, -0.15) is 0 Å². The van der Waals surface area contributed by atoms with E-state index in [1.54, 1.807) is 55.6 Å². The number of methoxy groups -OCH3 is 3. The minimum absolute atomic E-state index is 0.159. The number of rotatable bonds is 12. The molecule has 0 unspecified atom stereocenters. The Kier molecular flexibility index (Phi) is 9.30. The SMILES string of the molecule is COc1ccc([C@@]23Oc4cc(OC)cc(OC)c4[C@@](O)([C@H](C(=O)NCCCCNC(=O)c4ccccc4)[C@H]2c2ccccc2)[C@H]3O)cc1. The smallest absolute Gasteiger partial charge is 0.251 e. The first-order valence-electron chi connectivity index (χ1n) is 16.0. The maximum Gasteiger partial charge on any atom is 0.251 e. The van der Waals surface area contributed by atoms with Crippen molar-refractivity contribution in [2.24, 2.45) is 5.92 Å². The van der Waals surface area contributed by atoms with Crippen LogP contribution in [-0.4, -0.2) is 62.6 Å². The van der Waals surface area contributed by atoms with E-state index in [0.717, 1.165) is 0 Å². The maximum atomic E-state index is 14.5. The van der Waals surface area contributed by atoms with Gasteiger partial charge in [-0.3, -0.25) is 9.59 Å². The summed E-state index contributed by atoms with van der Waals surface area (Å²) < 4.78 is 23.5. The molecule has 0 saturated heterocycles. The molecule has 1 aliphatic heterocycles. The van der Waals surface area contributed by atoms with Crippen LogP contribution in [0.25, 0.3) is 0 Å². The van der Waals surface area contributed by atoms with Crippen LogP contribution in [0.1, 0.15) is 45.8 Å². The molecule has 0 radical (unpaired) electrons. The fourth-order valence-corrected chi connectivity index (χ4v) is 7.25. The molecule has 10 heteroatoms. The molecule has 1 fully saturated rings. The molecule has 4 aromatic rings. The molecular weight excluding hydrogens is 612 g/mol. The molecule has 1 heterocycles. The van der Waals surface area contributed by atoms with Gasteiger partial charge in [0.2, 0.25) is 5.91 Å². The van der Waals surface area contributed by atoms with Crippen LogP contribution >= 0.6 is 0 Å². The van der Waals surface area contributed by atoms with Gasteiger partial charge in [-0.05, 0) is 48.2 Å². The Morgan fingerprint density at radius 3 is 2.04 bits per heavy atom. The van der Waals surface area contributed by atoms with Gasteiger partial charge in [-0.1, -0.05) is 60.7 Å². The summed E-state index contributed by atoms with van der Waals surface area (Å²) in [5, 5.41) is 31.3. The lowest BCUT2D eigenvalue weighted by molar-refractivity contribution is -0.162. The molecule has 0 spiro atoms. The highest BCUT2D eigenvalue weighted by atomic mass is 16.5. The van der Waals surface area contributed by atoms with Gasteiger partial charge in [0, 0.05) is 36.7 Å². The Morgan fingerprint density at radius 2 is 1.42 bits per heavy atom. The summed E-state index contributed by atoms with van der Waals surface area (Å²) in [6.07, 6.45) is -0.405. The molecule has 48 heavy (non-hydrogen) atoms. The van der Waals surface area contributed by atoms with Crippen LogP contribution in [0, 0.1) is 5.92 Å². The predicted octanol–water partition coefficient (Wildman–Crippen LogP) is 4.29. The molecule has 6 rings (SSSR count). The minimum Gasteiger partial charge on any atom is -0.497 e. The van der Waals surface area contributed by atoms with E-state index in [1.165, 1.54) is 14.2 Å². The highest BCUT2D eigenvalue weighted by Gasteiger charge is 2.76. The van der Waals surface area contributed by atoms with Crippen LogP contribution in [-0.2, 0) is 16.0 Å². The quantitative estimate of drug-likeness (QED) is 0.167. The van der Waals surface area contributed by atoms with Crippen LogP contribution in [0.5, 0.6) is 23.0 Å². The summed E-state index contributed by atoms with van der Waals surface area (Å²) in [4.78, 5) is 26.9. The second-order valence-electron chi connectivity index (χ2n) is 12.0. The zero-order valence-electron chi connectivity index (χ0n) is 27.1. The summed E-state index contributed by atoms with van der Waals surface area (Å²) in [6, 6.07) is 28.6. The van der Waals surface area contributed by atoms with Crippen LogP contribution in [0.15, 0.2) is 97.1 Å². The second kappa shape index (κ2) is 13.6. The highest BCUT2D eigenvalue weighted by Crippen LogP contribution is 2.68. The van der Waals surface area contributed by atoms with E-state index in [0.29, 0.717) is 47.6 Å². The number of carbonyl (C=O) groups excluding carboxylic acids is 2. The number of aliphatic hydroxyl groups is 2. The Hall–Kier alpha value is -5.06. The van der Waals surface area contributed by atoms with Crippen molar-refractivity contribution in [3.05, 3.63) is 119 Å². The zero-order valence-corrected chi connectivity index (χ0v) is 27.1. The molecule has 1 saturated carbocycles. The number of fused-ring (bicyclic) bond motifs is 4. The molecule has 1 aliphatic carbocycles. The lowest BCUT2D eigenvalue weighted by Gasteiger charge is -2.45. The molecule has 2 aliphatic rings. The Morgan fingerprint density at radius 1 is 0.792 bits per heavy atom. The molecular formula is C38H40N2O8. The van der Waals surface area contributed by atoms with Gasteiger partial charge in [0.05, 0.1) is 32.8 Å². The number of carbonyl (C=O) groups is 2. The van der Waals surface area contributed by atoms with E-state index in [9.17, 15) is 19.8 Å². The third-order valence-electron chi connectivity index (χ3n) is 9.47. The van der Waals surface area contributed by atoms with Crippen molar-refractivity contribution in [1.29, 1.82) is 0 Å². The van der Waals surface area contributed by atoms with Gasteiger partial charge in [0.1, 0.15) is 34.7 Å². The van der Waals surface area contributed by atoms with Crippen molar-refractivity contribution in [1.82, 2.24) is 10.6 Å². The third kappa shape index (κ3) is 5.50. The van der Waals surface area contributed by atoms with Crippen LogP contribution in [0.4, 0.5) is 0 Å². The van der Waals surface area contributed by atoms with Gasteiger partial charge in [-0.25, -0.2) is 0 Å². The highest BCUT2D eigenvalue weighted by molar-refractivity contribution is 5.94. The number of aliphatic hydroxyl groups excluding tert-OH is 1.